The Bertz CT molecular complexity index is 628. The fourth-order valence-corrected chi connectivity index (χ4v) is 2.90. The topological polar surface area (TPSA) is 107 Å². The van der Waals surface area contributed by atoms with Gasteiger partial charge in [0.1, 0.15) is 0 Å². The number of carbonyl (C=O) groups excluding carboxylic acids is 1. The van der Waals surface area contributed by atoms with Gasteiger partial charge in [-0.2, -0.15) is 4.98 Å². The normalized spacial score (nSPS) is 21.0. The second-order valence-corrected chi connectivity index (χ2v) is 5.50. The molecule has 3 rings (SSSR count). The Morgan fingerprint density at radius 2 is 2.18 bits per heavy atom. The molecular formula is C15H19N5O2. The van der Waals surface area contributed by atoms with Crippen LogP contribution in [0.3, 0.4) is 0 Å². The molecule has 0 saturated heterocycles. The summed E-state index contributed by atoms with van der Waals surface area (Å²) >= 11 is 0. The van der Waals surface area contributed by atoms with E-state index in [0.29, 0.717) is 18.3 Å². The zero-order valence-corrected chi connectivity index (χ0v) is 12.2. The summed E-state index contributed by atoms with van der Waals surface area (Å²) in [4.78, 5) is 20.4. The van der Waals surface area contributed by atoms with E-state index in [0.717, 1.165) is 24.8 Å². The maximum Gasteiger partial charge on any atom is 0.246 e. The molecule has 2 aromatic heterocycles. The van der Waals surface area contributed by atoms with Crippen LogP contribution in [0.1, 0.15) is 25.2 Å². The fraction of sp³-hybridized carbons (Fsp3) is 0.467. The van der Waals surface area contributed by atoms with E-state index < -0.39 is 0 Å². The summed E-state index contributed by atoms with van der Waals surface area (Å²) in [5.74, 6) is 1.20. The number of nitrogens with one attached hydrogen (secondary N) is 1. The molecule has 0 spiro atoms. The highest BCUT2D eigenvalue weighted by atomic mass is 16.5. The van der Waals surface area contributed by atoms with Gasteiger partial charge in [0.05, 0.1) is 6.54 Å². The van der Waals surface area contributed by atoms with Crippen LogP contribution in [0.5, 0.6) is 0 Å². The number of nitrogens with zero attached hydrogens (tertiary/aromatic N) is 3. The largest absolute Gasteiger partial charge is 0.347 e. The molecule has 7 nitrogen and oxygen atoms in total. The molecule has 1 amide bonds. The van der Waals surface area contributed by atoms with Gasteiger partial charge in [0.2, 0.25) is 17.6 Å². The Morgan fingerprint density at radius 1 is 1.36 bits per heavy atom. The van der Waals surface area contributed by atoms with Crippen molar-refractivity contribution in [1.29, 1.82) is 0 Å². The number of nitrogens with two attached hydrogens (primary N) is 1. The van der Waals surface area contributed by atoms with Crippen LogP contribution < -0.4 is 11.1 Å². The third-order valence-electron chi connectivity index (χ3n) is 4.12. The molecule has 1 aliphatic rings. The first-order chi connectivity index (χ1) is 10.8. The minimum absolute atomic E-state index is 0.00703. The van der Waals surface area contributed by atoms with E-state index in [1.807, 2.05) is 0 Å². The SMILES string of the molecule is NC[C@H]1CCC[C@H]1C(=O)NCc1nc(-c2ccncc2)no1. The number of amides is 1. The molecule has 0 aliphatic heterocycles. The van der Waals surface area contributed by atoms with Crippen molar-refractivity contribution < 1.29 is 9.32 Å². The first-order valence-corrected chi connectivity index (χ1v) is 7.48. The molecule has 0 radical (unpaired) electrons. The lowest BCUT2D eigenvalue weighted by molar-refractivity contribution is -0.126. The molecule has 0 bridgehead atoms. The van der Waals surface area contributed by atoms with Crippen LogP contribution in [-0.4, -0.2) is 27.6 Å². The Hall–Kier alpha value is -2.28. The van der Waals surface area contributed by atoms with Gasteiger partial charge in [-0.05, 0) is 37.4 Å². The monoisotopic (exact) mass is 301 g/mol. The second-order valence-electron chi connectivity index (χ2n) is 5.50. The zero-order chi connectivity index (χ0) is 15.4. The summed E-state index contributed by atoms with van der Waals surface area (Å²) in [6, 6.07) is 3.61. The maximum absolute atomic E-state index is 12.2. The van der Waals surface area contributed by atoms with E-state index >= 15 is 0 Å². The Labute approximate surface area is 128 Å². The van der Waals surface area contributed by atoms with E-state index in [4.69, 9.17) is 10.3 Å². The van der Waals surface area contributed by atoms with E-state index in [9.17, 15) is 4.79 Å². The van der Waals surface area contributed by atoms with E-state index in [1.165, 1.54) is 0 Å². The number of aromatic nitrogens is 3. The van der Waals surface area contributed by atoms with Crippen molar-refractivity contribution >= 4 is 5.91 Å². The maximum atomic E-state index is 12.2. The summed E-state index contributed by atoms with van der Waals surface area (Å²) in [6.45, 7) is 0.801. The average molecular weight is 301 g/mol. The van der Waals surface area contributed by atoms with Gasteiger partial charge in [-0.25, -0.2) is 0 Å². The van der Waals surface area contributed by atoms with Crippen molar-refractivity contribution in [3.05, 3.63) is 30.4 Å². The first-order valence-electron chi connectivity index (χ1n) is 7.48. The number of pyridine rings is 1. The quantitative estimate of drug-likeness (QED) is 0.857. The molecule has 116 valence electrons. The van der Waals surface area contributed by atoms with E-state index in [-0.39, 0.29) is 24.3 Å². The molecular weight excluding hydrogens is 282 g/mol. The van der Waals surface area contributed by atoms with Gasteiger partial charge in [-0.3, -0.25) is 9.78 Å². The predicted molar refractivity (Wildman–Crippen MR) is 79.3 cm³/mol. The minimum atomic E-state index is 0.00703. The number of hydrogen-bond acceptors (Lipinski definition) is 6. The van der Waals surface area contributed by atoms with Gasteiger partial charge in [-0.1, -0.05) is 11.6 Å². The first kappa shape index (κ1) is 14.6. The van der Waals surface area contributed by atoms with E-state index in [2.05, 4.69) is 20.4 Å². The van der Waals surface area contributed by atoms with Crippen molar-refractivity contribution in [1.82, 2.24) is 20.4 Å². The smallest absolute Gasteiger partial charge is 0.246 e. The molecule has 1 fully saturated rings. The van der Waals surface area contributed by atoms with Crippen LogP contribution >= 0.6 is 0 Å². The van der Waals surface area contributed by atoms with Crippen LogP contribution in [0.15, 0.2) is 29.0 Å². The van der Waals surface area contributed by atoms with Crippen molar-refractivity contribution in [2.24, 2.45) is 17.6 Å². The van der Waals surface area contributed by atoms with Crippen LogP contribution in [0.25, 0.3) is 11.4 Å². The molecule has 22 heavy (non-hydrogen) atoms. The Morgan fingerprint density at radius 3 is 2.95 bits per heavy atom. The fourth-order valence-electron chi connectivity index (χ4n) is 2.90. The zero-order valence-electron chi connectivity index (χ0n) is 12.2. The highest BCUT2D eigenvalue weighted by Crippen LogP contribution is 2.30. The Kier molecular flexibility index (Phi) is 4.43. The standard InChI is InChI=1S/C15H19N5O2/c16-8-11-2-1-3-12(11)15(21)18-9-13-19-14(20-22-13)10-4-6-17-7-5-10/h4-7,11-12H,1-3,8-9,16H2,(H,18,21)/t11-,12-/m1/s1. The molecule has 2 heterocycles. The summed E-state index contributed by atoms with van der Waals surface area (Å²) in [7, 11) is 0. The van der Waals surface area contributed by atoms with Gasteiger partial charge in [0.25, 0.3) is 0 Å². The number of carbonyl (C=O) groups is 1. The third-order valence-corrected chi connectivity index (χ3v) is 4.12. The van der Waals surface area contributed by atoms with Crippen molar-refractivity contribution in [3.8, 4) is 11.4 Å². The number of rotatable bonds is 5. The average Bonchev–Trinajstić information content (AvgIpc) is 3.22. The van der Waals surface area contributed by atoms with Gasteiger partial charge >= 0.3 is 0 Å². The Balaban J connectivity index is 1.58. The summed E-state index contributed by atoms with van der Waals surface area (Å²) in [6.07, 6.45) is 6.33. The molecule has 2 atom stereocenters. The van der Waals surface area contributed by atoms with E-state index in [1.54, 1.807) is 24.5 Å². The molecule has 1 saturated carbocycles. The molecule has 3 N–H and O–H groups in total. The summed E-state index contributed by atoms with van der Waals surface area (Å²) in [5.41, 5.74) is 6.54. The highest BCUT2D eigenvalue weighted by Gasteiger charge is 2.31. The van der Waals surface area contributed by atoms with Crippen molar-refractivity contribution in [2.75, 3.05) is 6.54 Å². The second kappa shape index (κ2) is 6.65. The van der Waals surface area contributed by atoms with Crippen LogP contribution in [0.4, 0.5) is 0 Å². The minimum Gasteiger partial charge on any atom is -0.347 e. The van der Waals surface area contributed by atoms with Gasteiger partial charge in [0, 0.05) is 23.9 Å². The lowest BCUT2D eigenvalue weighted by Crippen LogP contribution is -2.34. The number of hydrogen-bond donors (Lipinski definition) is 2. The van der Waals surface area contributed by atoms with Crippen LogP contribution in [-0.2, 0) is 11.3 Å². The summed E-state index contributed by atoms with van der Waals surface area (Å²) in [5, 5.41) is 6.77. The lowest BCUT2D eigenvalue weighted by Gasteiger charge is -2.16. The van der Waals surface area contributed by atoms with Gasteiger partial charge in [0.15, 0.2) is 0 Å². The van der Waals surface area contributed by atoms with Crippen LogP contribution in [0.2, 0.25) is 0 Å². The summed E-state index contributed by atoms with van der Waals surface area (Å²) < 4.78 is 5.16. The van der Waals surface area contributed by atoms with Crippen molar-refractivity contribution in [3.63, 3.8) is 0 Å². The molecule has 1 aliphatic carbocycles. The predicted octanol–water partition coefficient (Wildman–Crippen LogP) is 1.12. The molecule has 0 aromatic carbocycles. The third kappa shape index (κ3) is 3.14. The van der Waals surface area contributed by atoms with Crippen LogP contribution in [0, 0.1) is 11.8 Å². The highest BCUT2D eigenvalue weighted by molar-refractivity contribution is 5.79. The van der Waals surface area contributed by atoms with Gasteiger partial charge in [-0.15, -0.1) is 0 Å². The molecule has 2 aromatic rings. The molecule has 7 heteroatoms. The lowest BCUT2D eigenvalue weighted by atomic mass is 9.95. The molecule has 0 unspecified atom stereocenters. The van der Waals surface area contributed by atoms with Crippen molar-refractivity contribution in [2.45, 2.75) is 25.8 Å². The van der Waals surface area contributed by atoms with Gasteiger partial charge < -0.3 is 15.6 Å².